The largest absolute Gasteiger partial charge is 0.370 e. The molecule has 1 saturated heterocycles. The Bertz CT molecular complexity index is 913. The highest BCUT2D eigenvalue weighted by molar-refractivity contribution is 6.33. The molecular formula is C23H27ClFN3O2. The molecule has 2 N–H and O–H groups in total. The van der Waals surface area contributed by atoms with Gasteiger partial charge in [0.2, 0.25) is 5.91 Å². The zero-order chi connectivity index (χ0) is 21.7. The van der Waals surface area contributed by atoms with E-state index in [4.69, 9.17) is 11.6 Å². The van der Waals surface area contributed by atoms with Crippen LogP contribution in [-0.4, -0.2) is 30.9 Å². The number of hydrogen-bond donors (Lipinski definition) is 2. The lowest BCUT2D eigenvalue weighted by atomic mass is 10.0. The van der Waals surface area contributed by atoms with Crippen molar-refractivity contribution in [2.75, 3.05) is 23.3 Å². The first-order valence-corrected chi connectivity index (χ1v) is 10.7. The first kappa shape index (κ1) is 22.1. The summed E-state index contributed by atoms with van der Waals surface area (Å²) in [5.74, 6) is -1.42. The quantitative estimate of drug-likeness (QED) is 0.686. The number of halogens is 2. The lowest BCUT2D eigenvalue weighted by molar-refractivity contribution is -0.118. The van der Waals surface area contributed by atoms with Crippen molar-refractivity contribution in [1.82, 2.24) is 5.32 Å². The summed E-state index contributed by atoms with van der Waals surface area (Å²) in [5, 5.41) is 5.91. The van der Waals surface area contributed by atoms with E-state index in [1.54, 1.807) is 30.3 Å². The molecule has 30 heavy (non-hydrogen) atoms. The molecule has 3 rings (SSSR count). The predicted octanol–water partition coefficient (Wildman–Crippen LogP) is 4.86. The van der Waals surface area contributed by atoms with Crippen molar-refractivity contribution in [2.24, 2.45) is 5.92 Å². The number of amides is 2. The monoisotopic (exact) mass is 431 g/mol. The fourth-order valence-electron chi connectivity index (χ4n) is 3.63. The molecule has 5 nitrogen and oxygen atoms in total. The molecule has 1 aliphatic rings. The Hall–Kier alpha value is -2.60. The average molecular weight is 432 g/mol. The van der Waals surface area contributed by atoms with Crippen LogP contribution < -0.4 is 15.5 Å². The van der Waals surface area contributed by atoms with Gasteiger partial charge in [-0.25, -0.2) is 4.39 Å². The third kappa shape index (κ3) is 5.30. The molecule has 1 fully saturated rings. The van der Waals surface area contributed by atoms with Gasteiger partial charge in [-0.3, -0.25) is 9.59 Å². The Balaban J connectivity index is 1.79. The van der Waals surface area contributed by atoms with Crippen molar-refractivity contribution in [3.63, 3.8) is 0 Å². The van der Waals surface area contributed by atoms with Gasteiger partial charge in [0, 0.05) is 13.1 Å². The van der Waals surface area contributed by atoms with Crippen molar-refractivity contribution in [3.05, 3.63) is 58.9 Å². The third-order valence-electron chi connectivity index (χ3n) is 5.27. The summed E-state index contributed by atoms with van der Waals surface area (Å²) < 4.78 is 13.9. The first-order chi connectivity index (χ1) is 14.4. The van der Waals surface area contributed by atoms with E-state index in [2.05, 4.69) is 15.5 Å². The molecule has 2 amide bonds. The second-order valence-corrected chi connectivity index (χ2v) is 8.28. The molecular weight excluding hydrogens is 405 g/mol. The molecule has 1 atom stereocenters. The van der Waals surface area contributed by atoms with Crippen LogP contribution in [0.5, 0.6) is 0 Å². The van der Waals surface area contributed by atoms with E-state index in [1.165, 1.54) is 18.6 Å². The number of benzene rings is 2. The van der Waals surface area contributed by atoms with Gasteiger partial charge in [0.25, 0.3) is 5.91 Å². The summed E-state index contributed by atoms with van der Waals surface area (Å²) in [7, 11) is 0. The maximum atomic E-state index is 13.9. The second kappa shape index (κ2) is 9.94. The van der Waals surface area contributed by atoms with Crippen molar-refractivity contribution in [1.29, 1.82) is 0 Å². The van der Waals surface area contributed by atoms with Gasteiger partial charge >= 0.3 is 0 Å². The minimum atomic E-state index is -0.800. The van der Waals surface area contributed by atoms with Crippen molar-refractivity contribution >= 4 is 34.8 Å². The van der Waals surface area contributed by atoms with Crippen LogP contribution in [0.4, 0.5) is 15.8 Å². The normalized spacial score (nSPS) is 15.0. The van der Waals surface area contributed by atoms with Gasteiger partial charge in [-0.2, -0.15) is 0 Å². The zero-order valence-corrected chi connectivity index (χ0v) is 18.0. The van der Waals surface area contributed by atoms with Gasteiger partial charge in [-0.05, 0) is 55.5 Å². The minimum absolute atomic E-state index is 0.177. The molecule has 2 aromatic rings. The summed E-state index contributed by atoms with van der Waals surface area (Å²) in [6, 6.07) is 10.3. The molecule has 1 aliphatic heterocycles. The maximum absolute atomic E-state index is 13.9. The topological polar surface area (TPSA) is 61.4 Å². The van der Waals surface area contributed by atoms with Crippen molar-refractivity contribution in [2.45, 2.75) is 39.2 Å². The number of piperidine rings is 1. The highest BCUT2D eigenvalue weighted by Crippen LogP contribution is 2.29. The van der Waals surface area contributed by atoms with E-state index >= 15 is 0 Å². The Kier molecular flexibility index (Phi) is 7.32. The molecule has 0 spiro atoms. The van der Waals surface area contributed by atoms with E-state index in [9.17, 15) is 14.0 Å². The second-order valence-electron chi connectivity index (χ2n) is 7.87. The van der Waals surface area contributed by atoms with E-state index in [1.807, 2.05) is 13.8 Å². The molecule has 0 saturated carbocycles. The number of nitrogens with zero attached hydrogens (tertiary/aromatic N) is 1. The summed E-state index contributed by atoms with van der Waals surface area (Å²) in [5.41, 5.74) is 1.52. The highest BCUT2D eigenvalue weighted by Gasteiger charge is 2.27. The average Bonchev–Trinajstić information content (AvgIpc) is 2.72. The molecule has 0 aromatic heterocycles. The molecule has 2 aromatic carbocycles. The number of carbonyl (C=O) groups is 2. The number of anilines is 2. The standard InChI is InChI=1S/C23H27ClFN3O2/c1-15(2)21(27-22(29)17-8-4-5-9-18(17)24)23(30)26-19-14-16(25)10-11-20(19)28-12-6-3-7-13-28/h4-5,8-11,14-15,21H,3,6-7,12-13H2,1-2H3,(H,26,30)(H,27,29). The summed E-state index contributed by atoms with van der Waals surface area (Å²) in [6.07, 6.45) is 3.30. The summed E-state index contributed by atoms with van der Waals surface area (Å²) in [6.45, 7) is 5.42. The van der Waals surface area contributed by atoms with Gasteiger partial charge in [0.1, 0.15) is 11.9 Å². The van der Waals surface area contributed by atoms with Gasteiger partial charge in [-0.15, -0.1) is 0 Å². The van der Waals surface area contributed by atoms with Crippen LogP contribution in [0.3, 0.4) is 0 Å². The lowest BCUT2D eigenvalue weighted by Gasteiger charge is -2.31. The molecule has 0 radical (unpaired) electrons. The Labute approximate surface area is 181 Å². The van der Waals surface area contributed by atoms with E-state index < -0.39 is 23.7 Å². The molecule has 7 heteroatoms. The van der Waals surface area contributed by atoms with Crippen LogP contribution in [-0.2, 0) is 4.79 Å². The zero-order valence-electron chi connectivity index (χ0n) is 17.3. The number of nitrogens with one attached hydrogen (secondary N) is 2. The van der Waals surface area contributed by atoms with Crippen LogP contribution in [0.1, 0.15) is 43.5 Å². The van der Waals surface area contributed by atoms with Gasteiger partial charge in [-0.1, -0.05) is 37.6 Å². The van der Waals surface area contributed by atoms with Crippen LogP contribution in [0, 0.1) is 11.7 Å². The van der Waals surface area contributed by atoms with Gasteiger partial charge in [0.05, 0.1) is 22.0 Å². The van der Waals surface area contributed by atoms with Gasteiger partial charge < -0.3 is 15.5 Å². The van der Waals surface area contributed by atoms with Crippen molar-refractivity contribution < 1.29 is 14.0 Å². The van der Waals surface area contributed by atoms with Crippen LogP contribution in [0.25, 0.3) is 0 Å². The number of carbonyl (C=O) groups excluding carboxylic acids is 2. The highest BCUT2D eigenvalue weighted by atomic mass is 35.5. The van der Waals surface area contributed by atoms with Crippen LogP contribution >= 0.6 is 11.6 Å². The molecule has 1 unspecified atom stereocenters. The third-order valence-corrected chi connectivity index (χ3v) is 5.60. The van der Waals surface area contributed by atoms with Gasteiger partial charge in [0.15, 0.2) is 0 Å². The fraction of sp³-hybridized carbons (Fsp3) is 0.391. The summed E-state index contributed by atoms with van der Waals surface area (Å²) >= 11 is 6.11. The number of rotatable bonds is 6. The summed E-state index contributed by atoms with van der Waals surface area (Å²) in [4.78, 5) is 27.9. The Morgan fingerprint density at radius 1 is 1.07 bits per heavy atom. The fourth-order valence-corrected chi connectivity index (χ4v) is 3.85. The van der Waals surface area contributed by atoms with E-state index in [0.29, 0.717) is 16.3 Å². The van der Waals surface area contributed by atoms with E-state index in [0.717, 1.165) is 31.6 Å². The van der Waals surface area contributed by atoms with Crippen LogP contribution in [0.15, 0.2) is 42.5 Å². The Morgan fingerprint density at radius 2 is 1.77 bits per heavy atom. The predicted molar refractivity (Wildman–Crippen MR) is 119 cm³/mol. The van der Waals surface area contributed by atoms with Crippen molar-refractivity contribution in [3.8, 4) is 0 Å². The SMILES string of the molecule is CC(C)C(NC(=O)c1ccccc1Cl)C(=O)Nc1cc(F)ccc1N1CCCCC1. The molecule has 0 bridgehead atoms. The van der Waals surface area contributed by atoms with Crippen LogP contribution in [0.2, 0.25) is 5.02 Å². The lowest BCUT2D eigenvalue weighted by Crippen LogP contribution is -2.47. The molecule has 0 aliphatic carbocycles. The Morgan fingerprint density at radius 3 is 2.43 bits per heavy atom. The molecule has 1 heterocycles. The minimum Gasteiger partial charge on any atom is -0.370 e. The number of hydrogen-bond acceptors (Lipinski definition) is 3. The van der Waals surface area contributed by atoms with E-state index in [-0.39, 0.29) is 5.92 Å². The maximum Gasteiger partial charge on any atom is 0.253 e. The molecule has 160 valence electrons. The smallest absolute Gasteiger partial charge is 0.253 e. The first-order valence-electron chi connectivity index (χ1n) is 10.3.